The Morgan fingerprint density at radius 3 is 2.54 bits per heavy atom. The Kier molecular flexibility index (Phi) is 5.03. The number of aromatic hydroxyl groups is 1. The third-order valence-corrected chi connectivity index (χ3v) is 5.76. The molecule has 2 bridgehead atoms. The molecule has 7 nitrogen and oxygen atoms in total. The first-order valence-electron chi connectivity index (χ1n) is 8.63. The maximum atomic E-state index is 12.3. The highest BCUT2D eigenvalue weighted by Crippen LogP contribution is 2.47. The molecule has 26 heavy (non-hydrogen) atoms. The number of ether oxygens (including phenoxy) is 1. The number of hydrogen-bond donors (Lipinski definition) is 4. The van der Waals surface area contributed by atoms with Crippen molar-refractivity contribution in [3.05, 3.63) is 23.2 Å². The fraction of sp³-hybridized carbons (Fsp3) is 0.556. The first-order valence-corrected chi connectivity index (χ1v) is 9.01. The van der Waals surface area contributed by atoms with Gasteiger partial charge in [-0.2, -0.15) is 0 Å². The quantitative estimate of drug-likeness (QED) is 0.617. The van der Waals surface area contributed by atoms with E-state index >= 15 is 0 Å². The van der Waals surface area contributed by atoms with Gasteiger partial charge in [0.05, 0.1) is 16.7 Å². The van der Waals surface area contributed by atoms with E-state index in [0.29, 0.717) is 37.9 Å². The number of carbonyl (C=O) groups excluding carboxylic acids is 2. The fourth-order valence-electron chi connectivity index (χ4n) is 4.08. The van der Waals surface area contributed by atoms with Gasteiger partial charge in [-0.05, 0) is 44.2 Å². The number of aliphatic hydroxyl groups is 1. The predicted molar refractivity (Wildman–Crippen MR) is 95.1 cm³/mol. The lowest BCUT2D eigenvalue weighted by Crippen LogP contribution is -2.70. The Morgan fingerprint density at radius 1 is 1.27 bits per heavy atom. The molecule has 3 aliphatic carbocycles. The standard InChI is InChI=1S/C18H23ClN2O5/c1-11(22)20-18-6-4-17(5-7-18,9-15(18)24)21-16(25)10-26-12-2-3-13(19)14(23)8-12/h2-3,8,15,23-24H,4-7,9-10H2,1H3,(H,20,22)(H,21,25)/t15-,17?,18?/m0/s1. The number of nitrogens with one attached hydrogen (secondary N) is 2. The van der Waals surface area contributed by atoms with Gasteiger partial charge in [0.1, 0.15) is 11.5 Å². The summed E-state index contributed by atoms with van der Waals surface area (Å²) in [6.45, 7) is 1.25. The number of phenolic OH excluding ortho intramolecular Hbond substituents is 1. The lowest BCUT2D eigenvalue weighted by molar-refractivity contribution is -0.134. The van der Waals surface area contributed by atoms with Crippen molar-refractivity contribution in [1.29, 1.82) is 0 Å². The molecule has 0 aromatic heterocycles. The molecule has 0 unspecified atom stereocenters. The summed E-state index contributed by atoms with van der Waals surface area (Å²) in [5, 5.41) is 26.2. The van der Waals surface area contributed by atoms with Crippen LogP contribution in [0.25, 0.3) is 0 Å². The van der Waals surface area contributed by atoms with E-state index in [4.69, 9.17) is 16.3 Å². The van der Waals surface area contributed by atoms with Gasteiger partial charge in [-0.3, -0.25) is 9.59 Å². The van der Waals surface area contributed by atoms with Crippen molar-refractivity contribution in [3.8, 4) is 11.5 Å². The summed E-state index contributed by atoms with van der Waals surface area (Å²) < 4.78 is 5.40. The molecule has 1 aromatic carbocycles. The zero-order valence-electron chi connectivity index (χ0n) is 14.5. The maximum absolute atomic E-state index is 12.3. The number of halogens is 1. The minimum Gasteiger partial charge on any atom is -0.506 e. The fourth-order valence-corrected chi connectivity index (χ4v) is 4.19. The van der Waals surface area contributed by atoms with E-state index in [9.17, 15) is 19.8 Å². The Labute approximate surface area is 156 Å². The summed E-state index contributed by atoms with van der Waals surface area (Å²) in [6, 6.07) is 4.41. The Balaban J connectivity index is 1.57. The molecule has 3 saturated carbocycles. The van der Waals surface area contributed by atoms with E-state index < -0.39 is 17.2 Å². The van der Waals surface area contributed by atoms with Crippen LogP contribution in [-0.2, 0) is 9.59 Å². The van der Waals surface area contributed by atoms with Crippen LogP contribution in [0.15, 0.2) is 18.2 Å². The molecule has 2 amide bonds. The third kappa shape index (κ3) is 3.73. The van der Waals surface area contributed by atoms with Crippen LogP contribution in [0.4, 0.5) is 0 Å². The van der Waals surface area contributed by atoms with Gasteiger partial charge in [-0.25, -0.2) is 0 Å². The maximum Gasteiger partial charge on any atom is 0.258 e. The lowest BCUT2D eigenvalue weighted by Gasteiger charge is -2.56. The summed E-state index contributed by atoms with van der Waals surface area (Å²) in [6.07, 6.45) is 2.35. The molecule has 3 aliphatic rings. The van der Waals surface area contributed by atoms with Crippen LogP contribution in [0.5, 0.6) is 11.5 Å². The average molecular weight is 383 g/mol. The van der Waals surface area contributed by atoms with E-state index in [1.807, 2.05) is 0 Å². The van der Waals surface area contributed by atoms with Gasteiger partial charge in [-0.15, -0.1) is 0 Å². The number of hydrogen-bond acceptors (Lipinski definition) is 5. The molecule has 3 fully saturated rings. The van der Waals surface area contributed by atoms with Crippen LogP contribution in [0.1, 0.15) is 39.0 Å². The molecule has 4 rings (SSSR count). The van der Waals surface area contributed by atoms with Crippen LogP contribution in [0.2, 0.25) is 5.02 Å². The summed E-state index contributed by atoms with van der Waals surface area (Å²) in [4.78, 5) is 23.7. The number of amides is 2. The molecule has 0 spiro atoms. The Hall–Kier alpha value is -1.99. The molecule has 0 saturated heterocycles. The van der Waals surface area contributed by atoms with Gasteiger partial charge in [0.25, 0.3) is 5.91 Å². The molecule has 1 aromatic rings. The highest BCUT2D eigenvalue weighted by atomic mass is 35.5. The van der Waals surface area contributed by atoms with Crippen molar-refractivity contribution in [2.24, 2.45) is 0 Å². The molecule has 0 heterocycles. The van der Waals surface area contributed by atoms with E-state index in [1.165, 1.54) is 19.1 Å². The Bertz CT molecular complexity index is 716. The number of fused-ring (bicyclic) bond motifs is 3. The average Bonchev–Trinajstić information content (AvgIpc) is 2.57. The van der Waals surface area contributed by atoms with Crippen molar-refractivity contribution >= 4 is 23.4 Å². The normalized spacial score (nSPS) is 29.9. The first kappa shape index (κ1) is 18.8. The predicted octanol–water partition coefficient (Wildman–Crippen LogP) is 1.49. The largest absolute Gasteiger partial charge is 0.506 e. The van der Waals surface area contributed by atoms with Gasteiger partial charge in [0.2, 0.25) is 5.91 Å². The van der Waals surface area contributed by atoms with Crippen LogP contribution in [0.3, 0.4) is 0 Å². The second kappa shape index (κ2) is 6.96. The molecule has 0 aliphatic heterocycles. The second-order valence-corrected chi connectivity index (χ2v) is 7.69. The number of benzene rings is 1. The molecule has 142 valence electrons. The van der Waals surface area contributed by atoms with Crippen LogP contribution >= 0.6 is 11.6 Å². The monoisotopic (exact) mass is 382 g/mol. The summed E-state index contributed by atoms with van der Waals surface area (Å²) in [7, 11) is 0. The van der Waals surface area contributed by atoms with E-state index in [-0.39, 0.29) is 29.2 Å². The topological polar surface area (TPSA) is 108 Å². The van der Waals surface area contributed by atoms with Crippen molar-refractivity contribution in [3.63, 3.8) is 0 Å². The highest BCUT2D eigenvalue weighted by Gasteiger charge is 2.55. The number of phenols is 1. The minimum atomic E-state index is -0.691. The lowest BCUT2D eigenvalue weighted by atomic mass is 9.60. The Morgan fingerprint density at radius 2 is 1.96 bits per heavy atom. The van der Waals surface area contributed by atoms with Crippen molar-refractivity contribution < 1.29 is 24.5 Å². The van der Waals surface area contributed by atoms with Crippen LogP contribution in [0, 0.1) is 0 Å². The number of rotatable bonds is 5. The molecular weight excluding hydrogens is 360 g/mol. The van der Waals surface area contributed by atoms with Crippen LogP contribution in [-0.4, -0.2) is 45.8 Å². The number of carbonyl (C=O) groups is 2. The molecular formula is C18H23ClN2O5. The second-order valence-electron chi connectivity index (χ2n) is 7.29. The van der Waals surface area contributed by atoms with Gasteiger partial charge in [-0.1, -0.05) is 11.6 Å². The molecule has 4 N–H and O–H groups in total. The van der Waals surface area contributed by atoms with E-state index in [2.05, 4.69) is 10.6 Å². The van der Waals surface area contributed by atoms with Gasteiger partial charge < -0.3 is 25.6 Å². The highest BCUT2D eigenvalue weighted by molar-refractivity contribution is 6.32. The van der Waals surface area contributed by atoms with Gasteiger partial charge in [0.15, 0.2) is 6.61 Å². The van der Waals surface area contributed by atoms with Crippen molar-refractivity contribution in [2.45, 2.75) is 56.2 Å². The van der Waals surface area contributed by atoms with Crippen LogP contribution < -0.4 is 15.4 Å². The zero-order valence-corrected chi connectivity index (χ0v) is 15.3. The van der Waals surface area contributed by atoms with Crippen molar-refractivity contribution in [1.82, 2.24) is 10.6 Å². The molecule has 1 atom stereocenters. The smallest absolute Gasteiger partial charge is 0.258 e. The van der Waals surface area contributed by atoms with E-state index in [0.717, 1.165) is 0 Å². The van der Waals surface area contributed by atoms with E-state index in [1.54, 1.807) is 6.07 Å². The molecule has 8 heteroatoms. The summed E-state index contributed by atoms with van der Waals surface area (Å²) in [5.41, 5.74) is -1.04. The van der Waals surface area contributed by atoms with Gasteiger partial charge >= 0.3 is 0 Å². The molecule has 0 radical (unpaired) electrons. The number of aliphatic hydroxyl groups excluding tert-OH is 1. The van der Waals surface area contributed by atoms with Gasteiger partial charge in [0, 0.05) is 18.5 Å². The third-order valence-electron chi connectivity index (χ3n) is 5.44. The van der Waals surface area contributed by atoms with Crippen molar-refractivity contribution in [2.75, 3.05) is 6.61 Å². The summed E-state index contributed by atoms with van der Waals surface area (Å²) >= 11 is 5.74. The first-order chi connectivity index (χ1) is 12.2. The SMILES string of the molecule is CC(=O)NC12CCC(NC(=O)COc3ccc(Cl)c(O)c3)(CC1)C[C@@H]2O. The minimum absolute atomic E-state index is 0.111. The summed E-state index contributed by atoms with van der Waals surface area (Å²) in [5.74, 6) is -0.209. The zero-order chi connectivity index (χ0) is 18.9.